The van der Waals surface area contributed by atoms with Gasteiger partial charge < -0.3 is 15.0 Å². The second-order valence-electron chi connectivity index (χ2n) is 7.67. The van der Waals surface area contributed by atoms with Crippen molar-refractivity contribution in [2.24, 2.45) is 5.92 Å². The van der Waals surface area contributed by atoms with E-state index in [1.165, 1.54) is 31.5 Å². The largest absolute Gasteiger partial charge is 0.375 e. The molecule has 0 spiro atoms. The van der Waals surface area contributed by atoms with E-state index in [4.69, 9.17) is 4.74 Å². The molecule has 26 heavy (non-hydrogen) atoms. The maximum atomic E-state index is 11.6. The lowest BCUT2D eigenvalue weighted by Crippen LogP contribution is -2.47. The van der Waals surface area contributed by atoms with Crippen LogP contribution in [0.3, 0.4) is 0 Å². The summed E-state index contributed by atoms with van der Waals surface area (Å²) < 4.78 is 4.89. The third-order valence-corrected chi connectivity index (χ3v) is 5.83. The first-order chi connectivity index (χ1) is 12.7. The molecule has 1 saturated carbocycles. The molecule has 1 aromatic rings. The normalized spacial score (nSPS) is 24.4. The van der Waals surface area contributed by atoms with Crippen LogP contribution in [0.15, 0.2) is 30.3 Å². The number of methoxy groups -OCH3 is 1. The van der Waals surface area contributed by atoms with Gasteiger partial charge in [0, 0.05) is 45.0 Å². The van der Waals surface area contributed by atoms with Gasteiger partial charge in [0.05, 0.1) is 0 Å². The van der Waals surface area contributed by atoms with Crippen molar-refractivity contribution in [2.45, 2.75) is 38.1 Å². The van der Waals surface area contributed by atoms with E-state index in [1.54, 1.807) is 7.11 Å². The standard InChI is InChI=1S/C21H33N3O2/c1-26-17-21(25)22-19-9-7-18(8-10-19)11-12-23-13-15-24(16-14-23)20-5-3-2-4-6-20/h2-6,18-19H,7-17H2,1H3,(H,22,25). The molecule has 0 atom stereocenters. The lowest BCUT2D eigenvalue weighted by molar-refractivity contribution is -0.125. The number of nitrogens with one attached hydrogen (secondary N) is 1. The van der Waals surface area contributed by atoms with Crippen molar-refractivity contribution in [3.05, 3.63) is 30.3 Å². The van der Waals surface area contributed by atoms with Crippen molar-refractivity contribution >= 4 is 11.6 Å². The summed E-state index contributed by atoms with van der Waals surface area (Å²) in [4.78, 5) is 16.7. The molecular formula is C21H33N3O2. The van der Waals surface area contributed by atoms with Crippen LogP contribution in [0.5, 0.6) is 0 Å². The number of rotatable bonds is 7. The van der Waals surface area contributed by atoms with Gasteiger partial charge in [-0.2, -0.15) is 0 Å². The molecule has 1 amide bonds. The highest BCUT2D eigenvalue weighted by Crippen LogP contribution is 2.27. The third-order valence-electron chi connectivity index (χ3n) is 5.83. The molecular weight excluding hydrogens is 326 g/mol. The summed E-state index contributed by atoms with van der Waals surface area (Å²) in [5, 5.41) is 3.09. The smallest absolute Gasteiger partial charge is 0.246 e. The second-order valence-corrected chi connectivity index (χ2v) is 7.67. The molecule has 0 radical (unpaired) electrons. The second kappa shape index (κ2) is 9.93. The monoisotopic (exact) mass is 359 g/mol. The first kappa shape index (κ1) is 19.2. The van der Waals surface area contributed by atoms with Crippen LogP contribution >= 0.6 is 0 Å². The molecule has 1 aliphatic carbocycles. The van der Waals surface area contributed by atoms with Crippen LogP contribution in [0, 0.1) is 5.92 Å². The molecule has 1 N–H and O–H groups in total. The maximum absolute atomic E-state index is 11.6. The molecule has 2 aliphatic rings. The number of ether oxygens (including phenoxy) is 1. The number of carbonyl (C=O) groups is 1. The van der Waals surface area contributed by atoms with Gasteiger partial charge >= 0.3 is 0 Å². The van der Waals surface area contributed by atoms with Crippen LogP contribution in [0.4, 0.5) is 5.69 Å². The SMILES string of the molecule is COCC(=O)NC1CCC(CCN2CCN(c3ccccc3)CC2)CC1. The summed E-state index contributed by atoms with van der Waals surface area (Å²) in [6, 6.07) is 11.1. The van der Waals surface area contributed by atoms with Gasteiger partial charge in [-0.15, -0.1) is 0 Å². The lowest BCUT2D eigenvalue weighted by atomic mass is 9.84. The van der Waals surface area contributed by atoms with Crippen LogP contribution < -0.4 is 10.2 Å². The Balaban J connectivity index is 1.31. The van der Waals surface area contributed by atoms with Gasteiger partial charge in [0.15, 0.2) is 0 Å². The topological polar surface area (TPSA) is 44.8 Å². The average Bonchev–Trinajstić information content (AvgIpc) is 2.69. The summed E-state index contributed by atoms with van der Waals surface area (Å²) in [5.41, 5.74) is 1.35. The van der Waals surface area contributed by atoms with Gasteiger partial charge in [-0.25, -0.2) is 0 Å². The van der Waals surface area contributed by atoms with Gasteiger partial charge in [-0.1, -0.05) is 18.2 Å². The van der Waals surface area contributed by atoms with Crippen molar-refractivity contribution in [3.8, 4) is 0 Å². The van der Waals surface area contributed by atoms with Crippen molar-refractivity contribution in [1.82, 2.24) is 10.2 Å². The minimum absolute atomic E-state index is 0.0206. The van der Waals surface area contributed by atoms with Crippen LogP contribution in [0.2, 0.25) is 0 Å². The molecule has 0 aromatic heterocycles. The van der Waals surface area contributed by atoms with Gasteiger partial charge in [0.2, 0.25) is 5.91 Å². The summed E-state index contributed by atoms with van der Waals surface area (Å²) in [7, 11) is 1.57. The number of hydrogen-bond acceptors (Lipinski definition) is 4. The molecule has 1 heterocycles. The minimum atomic E-state index is 0.0206. The first-order valence-corrected chi connectivity index (χ1v) is 10.0. The number of amides is 1. The first-order valence-electron chi connectivity index (χ1n) is 10.0. The Bertz CT molecular complexity index is 535. The van der Waals surface area contributed by atoms with Gasteiger partial charge in [-0.05, 0) is 56.7 Å². The van der Waals surface area contributed by atoms with Gasteiger partial charge in [0.1, 0.15) is 6.61 Å². The fourth-order valence-electron chi connectivity index (χ4n) is 4.23. The lowest BCUT2D eigenvalue weighted by Gasteiger charge is -2.37. The molecule has 0 unspecified atom stereocenters. The van der Waals surface area contributed by atoms with E-state index >= 15 is 0 Å². The summed E-state index contributed by atoms with van der Waals surface area (Å²) in [6.07, 6.45) is 6.00. The number of benzene rings is 1. The van der Waals surface area contributed by atoms with E-state index in [9.17, 15) is 4.79 Å². The van der Waals surface area contributed by atoms with Crippen molar-refractivity contribution in [1.29, 1.82) is 0 Å². The number of carbonyl (C=O) groups excluding carboxylic acids is 1. The Morgan fingerprint density at radius 2 is 1.77 bits per heavy atom. The average molecular weight is 360 g/mol. The number of anilines is 1. The fraction of sp³-hybridized carbons (Fsp3) is 0.667. The minimum Gasteiger partial charge on any atom is -0.375 e. The molecule has 3 rings (SSSR count). The third kappa shape index (κ3) is 5.71. The highest BCUT2D eigenvalue weighted by atomic mass is 16.5. The van der Waals surface area contributed by atoms with Crippen molar-refractivity contribution in [3.63, 3.8) is 0 Å². The highest BCUT2D eigenvalue weighted by Gasteiger charge is 2.23. The van der Waals surface area contributed by atoms with E-state index in [1.807, 2.05) is 0 Å². The zero-order valence-corrected chi connectivity index (χ0v) is 16.0. The number of para-hydroxylation sites is 1. The molecule has 2 fully saturated rings. The maximum Gasteiger partial charge on any atom is 0.246 e. The predicted octanol–water partition coefficient (Wildman–Crippen LogP) is 2.52. The number of nitrogens with zero attached hydrogens (tertiary/aromatic N) is 2. The molecule has 0 bridgehead atoms. The Labute approximate surface area is 157 Å². The van der Waals surface area contributed by atoms with Crippen LogP contribution in [-0.2, 0) is 9.53 Å². The van der Waals surface area contributed by atoms with Crippen LogP contribution in [-0.4, -0.2) is 63.3 Å². The predicted molar refractivity (Wildman–Crippen MR) is 105 cm³/mol. The summed E-state index contributed by atoms with van der Waals surface area (Å²) in [5.74, 6) is 0.838. The molecule has 5 nitrogen and oxygen atoms in total. The highest BCUT2D eigenvalue weighted by molar-refractivity contribution is 5.77. The molecule has 5 heteroatoms. The Morgan fingerprint density at radius 1 is 1.08 bits per heavy atom. The fourth-order valence-corrected chi connectivity index (χ4v) is 4.23. The Kier molecular flexibility index (Phi) is 7.32. The number of piperazine rings is 1. The van der Waals surface area contributed by atoms with E-state index in [2.05, 4.69) is 45.4 Å². The Hall–Kier alpha value is -1.59. The van der Waals surface area contributed by atoms with Gasteiger partial charge in [0.25, 0.3) is 0 Å². The zero-order chi connectivity index (χ0) is 18.2. The molecule has 1 aliphatic heterocycles. The quantitative estimate of drug-likeness (QED) is 0.813. The molecule has 1 saturated heterocycles. The van der Waals surface area contributed by atoms with Crippen molar-refractivity contribution < 1.29 is 9.53 Å². The van der Waals surface area contributed by atoms with E-state index in [-0.39, 0.29) is 12.5 Å². The van der Waals surface area contributed by atoms with Crippen LogP contribution in [0.25, 0.3) is 0 Å². The van der Waals surface area contributed by atoms with E-state index in [0.29, 0.717) is 6.04 Å². The summed E-state index contributed by atoms with van der Waals surface area (Å²) >= 11 is 0. The zero-order valence-electron chi connectivity index (χ0n) is 16.0. The van der Waals surface area contributed by atoms with E-state index < -0.39 is 0 Å². The van der Waals surface area contributed by atoms with Crippen molar-refractivity contribution in [2.75, 3.05) is 51.3 Å². The summed E-state index contributed by atoms with van der Waals surface area (Å²) in [6.45, 7) is 5.97. The number of hydrogen-bond donors (Lipinski definition) is 1. The Morgan fingerprint density at radius 3 is 2.42 bits per heavy atom. The van der Waals surface area contributed by atoms with E-state index in [0.717, 1.165) is 44.9 Å². The molecule has 144 valence electrons. The van der Waals surface area contributed by atoms with Gasteiger partial charge in [-0.3, -0.25) is 9.69 Å². The molecule has 1 aromatic carbocycles. The van der Waals surface area contributed by atoms with Crippen LogP contribution in [0.1, 0.15) is 32.1 Å².